The standard InChI is InChI=1S/C24H27N5O/c1-16-6-7-21-22(14-16)28-24(27-21)29-12-9-17(10-13-29)23(30)25-11-8-18-15-26-20-5-3-2-4-19(18)20/h2-7,14-15,17,26H,8-13H2,1H3,(H,25,30)(H,27,28). The second-order valence-electron chi connectivity index (χ2n) is 8.24. The molecule has 0 aliphatic carbocycles. The van der Waals surface area contributed by atoms with Crippen LogP contribution in [0.1, 0.15) is 24.0 Å². The third-order valence-electron chi connectivity index (χ3n) is 6.16. The number of rotatable bonds is 5. The Morgan fingerprint density at radius 2 is 2.00 bits per heavy atom. The van der Waals surface area contributed by atoms with E-state index in [2.05, 4.69) is 63.5 Å². The fraction of sp³-hybridized carbons (Fsp3) is 0.333. The smallest absolute Gasteiger partial charge is 0.223 e. The summed E-state index contributed by atoms with van der Waals surface area (Å²) in [7, 11) is 0. The third kappa shape index (κ3) is 3.65. The number of amides is 1. The number of hydrogen-bond donors (Lipinski definition) is 3. The summed E-state index contributed by atoms with van der Waals surface area (Å²) in [5.74, 6) is 1.17. The molecule has 0 radical (unpaired) electrons. The minimum Gasteiger partial charge on any atom is -0.361 e. The predicted octanol–water partition coefficient (Wildman–Crippen LogP) is 3.93. The van der Waals surface area contributed by atoms with E-state index in [0.29, 0.717) is 6.54 Å². The van der Waals surface area contributed by atoms with E-state index in [1.54, 1.807) is 0 Å². The Bertz CT molecular complexity index is 1180. The Morgan fingerprint density at radius 1 is 1.17 bits per heavy atom. The van der Waals surface area contributed by atoms with Crippen molar-refractivity contribution in [2.24, 2.45) is 5.92 Å². The number of aromatic amines is 2. The number of hydrogen-bond acceptors (Lipinski definition) is 3. The van der Waals surface area contributed by atoms with E-state index in [1.807, 2.05) is 12.3 Å². The molecule has 1 saturated heterocycles. The molecule has 2 aromatic heterocycles. The molecule has 2 aromatic carbocycles. The SMILES string of the molecule is Cc1ccc2nc(N3CCC(C(=O)NCCc4c[nH]c5ccccc45)CC3)[nH]c2c1. The first kappa shape index (κ1) is 18.7. The van der Waals surface area contributed by atoms with Crippen LogP contribution in [0.25, 0.3) is 21.9 Å². The summed E-state index contributed by atoms with van der Waals surface area (Å²) < 4.78 is 0. The number of benzene rings is 2. The number of anilines is 1. The molecular formula is C24H27N5O. The third-order valence-corrected chi connectivity index (χ3v) is 6.16. The highest BCUT2D eigenvalue weighted by Gasteiger charge is 2.26. The van der Waals surface area contributed by atoms with E-state index in [1.165, 1.54) is 16.5 Å². The number of para-hydroxylation sites is 1. The number of nitrogens with zero attached hydrogens (tertiary/aromatic N) is 2. The van der Waals surface area contributed by atoms with Gasteiger partial charge < -0.3 is 20.2 Å². The summed E-state index contributed by atoms with van der Waals surface area (Å²) in [5.41, 5.74) is 5.68. The molecule has 4 aromatic rings. The van der Waals surface area contributed by atoms with Gasteiger partial charge >= 0.3 is 0 Å². The molecule has 6 nitrogen and oxygen atoms in total. The van der Waals surface area contributed by atoms with Crippen LogP contribution in [0.5, 0.6) is 0 Å². The van der Waals surface area contributed by atoms with Crippen molar-refractivity contribution >= 4 is 33.8 Å². The highest BCUT2D eigenvalue weighted by atomic mass is 16.1. The summed E-state index contributed by atoms with van der Waals surface area (Å²) in [6, 6.07) is 14.5. The quantitative estimate of drug-likeness (QED) is 0.474. The number of carbonyl (C=O) groups is 1. The van der Waals surface area contributed by atoms with Gasteiger partial charge in [0.2, 0.25) is 11.9 Å². The van der Waals surface area contributed by atoms with Gasteiger partial charge in [-0.25, -0.2) is 4.98 Å². The first-order valence-electron chi connectivity index (χ1n) is 10.7. The van der Waals surface area contributed by atoms with Crippen molar-refractivity contribution in [3.63, 3.8) is 0 Å². The van der Waals surface area contributed by atoms with Gasteiger partial charge in [0.1, 0.15) is 0 Å². The molecule has 1 aliphatic heterocycles. The van der Waals surface area contributed by atoms with Crippen molar-refractivity contribution in [1.29, 1.82) is 0 Å². The summed E-state index contributed by atoms with van der Waals surface area (Å²) in [5, 5.41) is 4.38. The van der Waals surface area contributed by atoms with Crippen LogP contribution in [0, 0.1) is 12.8 Å². The van der Waals surface area contributed by atoms with Crippen molar-refractivity contribution in [2.45, 2.75) is 26.2 Å². The number of fused-ring (bicyclic) bond motifs is 2. The van der Waals surface area contributed by atoms with Crippen LogP contribution in [-0.2, 0) is 11.2 Å². The predicted molar refractivity (Wildman–Crippen MR) is 121 cm³/mol. The monoisotopic (exact) mass is 401 g/mol. The van der Waals surface area contributed by atoms with Crippen molar-refractivity contribution in [2.75, 3.05) is 24.5 Å². The van der Waals surface area contributed by atoms with Gasteiger partial charge in [0, 0.05) is 42.7 Å². The number of aromatic nitrogens is 3. The average Bonchev–Trinajstić information content (AvgIpc) is 3.38. The molecule has 0 spiro atoms. The van der Waals surface area contributed by atoms with E-state index in [0.717, 1.165) is 54.9 Å². The topological polar surface area (TPSA) is 76.8 Å². The Morgan fingerprint density at radius 3 is 2.87 bits per heavy atom. The number of piperidine rings is 1. The fourth-order valence-corrected chi connectivity index (χ4v) is 4.42. The van der Waals surface area contributed by atoms with Crippen LogP contribution < -0.4 is 10.2 Å². The minimum atomic E-state index is 0.0795. The van der Waals surface area contributed by atoms with Crippen LogP contribution in [0.15, 0.2) is 48.7 Å². The van der Waals surface area contributed by atoms with E-state index >= 15 is 0 Å². The lowest BCUT2D eigenvalue weighted by molar-refractivity contribution is -0.125. The van der Waals surface area contributed by atoms with Crippen LogP contribution in [-0.4, -0.2) is 40.5 Å². The number of nitrogens with one attached hydrogen (secondary N) is 3. The number of imidazole rings is 1. The molecule has 0 unspecified atom stereocenters. The van der Waals surface area contributed by atoms with E-state index < -0.39 is 0 Å². The van der Waals surface area contributed by atoms with Gasteiger partial charge in [0.15, 0.2) is 0 Å². The Hall–Kier alpha value is -3.28. The van der Waals surface area contributed by atoms with Crippen molar-refractivity contribution in [1.82, 2.24) is 20.3 Å². The minimum absolute atomic E-state index is 0.0795. The summed E-state index contributed by atoms with van der Waals surface area (Å²) in [6.07, 6.45) is 4.60. The van der Waals surface area contributed by atoms with Crippen LogP contribution in [0.3, 0.4) is 0 Å². The largest absolute Gasteiger partial charge is 0.361 e. The summed E-state index contributed by atoms with van der Waals surface area (Å²) >= 11 is 0. The average molecular weight is 402 g/mol. The molecule has 0 bridgehead atoms. The molecular weight excluding hydrogens is 374 g/mol. The molecule has 30 heavy (non-hydrogen) atoms. The fourth-order valence-electron chi connectivity index (χ4n) is 4.42. The molecule has 0 saturated carbocycles. The lowest BCUT2D eigenvalue weighted by Crippen LogP contribution is -2.41. The molecule has 3 N–H and O–H groups in total. The molecule has 1 aliphatic rings. The second-order valence-corrected chi connectivity index (χ2v) is 8.24. The van der Waals surface area contributed by atoms with Gasteiger partial charge in [-0.2, -0.15) is 0 Å². The van der Waals surface area contributed by atoms with Gasteiger partial charge in [-0.1, -0.05) is 24.3 Å². The molecule has 1 amide bonds. The zero-order valence-corrected chi connectivity index (χ0v) is 17.2. The Labute approximate surface area is 175 Å². The lowest BCUT2D eigenvalue weighted by Gasteiger charge is -2.31. The highest BCUT2D eigenvalue weighted by Crippen LogP contribution is 2.24. The van der Waals surface area contributed by atoms with Crippen LogP contribution >= 0.6 is 0 Å². The van der Waals surface area contributed by atoms with Gasteiger partial charge in [-0.15, -0.1) is 0 Å². The Balaban J connectivity index is 1.13. The van der Waals surface area contributed by atoms with Crippen molar-refractivity contribution in [3.8, 4) is 0 Å². The normalized spacial score (nSPS) is 15.2. The van der Waals surface area contributed by atoms with E-state index in [4.69, 9.17) is 4.98 Å². The maximum atomic E-state index is 12.7. The lowest BCUT2D eigenvalue weighted by atomic mass is 9.96. The molecule has 6 heteroatoms. The Kier molecular flexibility index (Phi) is 4.91. The maximum absolute atomic E-state index is 12.7. The number of carbonyl (C=O) groups excluding carboxylic acids is 1. The molecule has 0 atom stereocenters. The first-order valence-corrected chi connectivity index (χ1v) is 10.7. The molecule has 3 heterocycles. The van der Waals surface area contributed by atoms with Gasteiger partial charge in [-0.3, -0.25) is 4.79 Å². The maximum Gasteiger partial charge on any atom is 0.223 e. The number of H-pyrrole nitrogens is 2. The van der Waals surface area contributed by atoms with Crippen molar-refractivity contribution < 1.29 is 4.79 Å². The molecule has 5 rings (SSSR count). The second kappa shape index (κ2) is 7.86. The van der Waals surface area contributed by atoms with Crippen molar-refractivity contribution in [3.05, 3.63) is 59.8 Å². The molecule has 154 valence electrons. The van der Waals surface area contributed by atoms with Gasteiger partial charge in [-0.05, 0) is 55.5 Å². The zero-order chi connectivity index (χ0) is 20.5. The van der Waals surface area contributed by atoms with Gasteiger partial charge in [0.05, 0.1) is 11.0 Å². The van der Waals surface area contributed by atoms with Gasteiger partial charge in [0.25, 0.3) is 0 Å². The molecule has 1 fully saturated rings. The zero-order valence-electron chi connectivity index (χ0n) is 17.2. The van der Waals surface area contributed by atoms with Crippen LogP contribution in [0.2, 0.25) is 0 Å². The first-order chi connectivity index (χ1) is 14.7. The van der Waals surface area contributed by atoms with Crippen LogP contribution in [0.4, 0.5) is 5.95 Å². The summed E-state index contributed by atoms with van der Waals surface area (Å²) in [6.45, 7) is 4.45. The summed E-state index contributed by atoms with van der Waals surface area (Å²) in [4.78, 5) is 26.3. The van der Waals surface area contributed by atoms with E-state index in [9.17, 15) is 4.79 Å². The number of aryl methyl sites for hydroxylation is 1. The highest BCUT2D eigenvalue weighted by molar-refractivity contribution is 5.83. The van der Waals surface area contributed by atoms with E-state index in [-0.39, 0.29) is 11.8 Å².